The van der Waals surface area contributed by atoms with E-state index in [9.17, 15) is 9.90 Å². The van der Waals surface area contributed by atoms with E-state index in [1.165, 1.54) is 0 Å². The van der Waals surface area contributed by atoms with Crippen molar-refractivity contribution in [1.29, 1.82) is 0 Å². The van der Waals surface area contributed by atoms with E-state index in [0.29, 0.717) is 17.8 Å². The highest BCUT2D eigenvalue weighted by Gasteiger charge is 2.14. The molecular formula is C26H26N4O2. The molecule has 0 aliphatic heterocycles. The molecule has 2 aromatic carbocycles. The van der Waals surface area contributed by atoms with E-state index in [2.05, 4.69) is 11.9 Å². The van der Waals surface area contributed by atoms with Gasteiger partial charge < -0.3 is 5.11 Å². The minimum absolute atomic E-state index is 0.245. The number of unbranched alkanes of at least 4 members (excludes halogenated alkanes) is 2. The molecule has 0 radical (unpaired) electrons. The number of benzene rings is 2. The third-order valence-corrected chi connectivity index (χ3v) is 5.37. The second kappa shape index (κ2) is 10.0. The number of nitrogens with zero attached hydrogens (tertiary/aromatic N) is 4. The maximum absolute atomic E-state index is 11.5. The van der Waals surface area contributed by atoms with E-state index < -0.39 is 5.97 Å². The molecule has 0 fully saturated rings. The molecule has 0 atom stereocenters. The number of carboxylic acid groups (broad SMARTS) is 1. The van der Waals surface area contributed by atoms with Gasteiger partial charge in [-0.3, -0.25) is 4.98 Å². The number of carboxylic acids is 1. The van der Waals surface area contributed by atoms with Crippen LogP contribution >= 0.6 is 0 Å². The summed E-state index contributed by atoms with van der Waals surface area (Å²) >= 11 is 0. The van der Waals surface area contributed by atoms with Crippen LogP contribution in [-0.2, 0) is 13.0 Å². The summed E-state index contributed by atoms with van der Waals surface area (Å²) < 4.78 is 1.96. The number of carbonyl (C=O) groups is 1. The molecule has 0 unspecified atom stereocenters. The lowest BCUT2D eigenvalue weighted by atomic mass is 10.0. The Morgan fingerprint density at radius 1 is 0.969 bits per heavy atom. The van der Waals surface area contributed by atoms with E-state index in [4.69, 9.17) is 10.1 Å². The second-order valence-corrected chi connectivity index (χ2v) is 7.73. The Morgan fingerprint density at radius 2 is 1.75 bits per heavy atom. The third-order valence-electron chi connectivity index (χ3n) is 5.37. The Balaban J connectivity index is 1.59. The van der Waals surface area contributed by atoms with Gasteiger partial charge in [0.25, 0.3) is 0 Å². The van der Waals surface area contributed by atoms with E-state index in [1.807, 2.05) is 53.2 Å². The van der Waals surface area contributed by atoms with Crippen LogP contribution in [0, 0.1) is 0 Å². The fourth-order valence-electron chi connectivity index (χ4n) is 3.67. The lowest BCUT2D eigenvalue weighted by molar-refractivity contribution is 0.0697. The number of aryl methyl sites for hydroxylation is 1. The summed E-state index contributed by atoms with van der Waals surface area (Å²) in [5.74, 6) is 0.744. The summed E-state index contributed by atoms with van der Waals surface area (Å²) in [6.07, 6.45) is 6.06. The monoisotopic (exact) mass is 426 g/mol. The molecule has 1 N–H and O–H groups in total. The molecule has 2 aromatic heterocycles. The van der Waals surface area contributed by atoms with E-state index in [0.717, 1.165) is 48.5 Å². The lowest BCUT2D eigenvalue weighted by Crippen LogP contribution is -2.08. The van der Waals surface area contributed by atoms with E-state index in [-0.39, 0.29) is 5.56 Å². The van der Waals surface area contributed by atoms with Crippen molar-refractivity contribution in [3.8, 4) is 22.6 Å². The average Bonchev–Trinajstić information content (AvgIpc) is 3.23. The van der Waals surface area contributed by atoms with Gasteiger partial charge in [-0.15, -0.1) is 0 Å². The first-order chi connectivity index (χ1) is 15.7. The normalized spacial score (nSPS) is 10.9. The maximum atomic E-state index is 11.5. The first kappa shape index (κ1) is 21.4. The van der Waals surface area contributed by atoms with Crippen LogP contribution in [0.3, 0.4) is 0 Å². The highest BCUT2D eigenvalue weighted by molar-refractivity contribution is 5.95. The Hall–Kier alpha value is -3.80. The molecule has 4 rings (SSSR count). The predicted molar refractivity (Wildman–Crippen MR) is 124 cm³/mol. The van der Waals surface area contributed by atoms with E-state index in [1.54, 1.807) is 24.4 Å². The SMILES string of the molecule is CCCCCc1nc(-c2ccccc2)nn1Cc1ccc(-c2ccccc2C(=O)O)nc1. The van der Waals surface area contributed by atoms with Gasteiger partial charge in [-0.25, -0.2) is 14.5 Å². The summed E-state index contributed by atoms with van der Waals surface area (Å²) in [7, 11) is 0. The Kier molecular flexibility index (Phi) is 6.70. The molecule has 0 bridgehead atoms. The van der Waals surface area contributed by atoms with Crippen molar-refractivity contribution in [3.05, 3.63) is 89.9 Å². The van der Waals surface area contributed by atoms with Crippen molar-refractivity contribution < 1.29 is 9.90 Å². The smallest absolute Gasteiger partial charge is 0.336 e. The molecule has 0 aliphatic rings. The van der Waals surface area contributed by atoms with Crippen molar-refractivity contribution in [1.82, 2.24) is 19.7 Å². The number of rotatable bonds is 9. The number of aromatic carboxylic acids is 1. The lowest BCUT2D eigenvalue weighted by Gasteiger charge is -2.08. The summed E-state index contributed by atoms with van der Waals surface area (Å²) in [4.78, 5) is 20.9. The van der Waals surface area contributed by atoms with Gasteiger partial charge in [-0.1, -0.05) is 74.4 Å². The van der Waals surface area contributed by atoms with Crippen molar-refractivity contribution in [3.63, 3.8) is 0 Å². The van der Waals surface area contributed by atoms with Gasteiger partial charge in [-0.05, 0) is 24.1 Å². The van der Waals surface area contributed by atoms with Crippen molar-refractivity contribution >= 4 is 5.97 Å². The quantitative estimate of drug-likeness (QED) is 0.358. The molecule has 0 saturated heterocycles. The van der Waals surface area contributed by atoms with Crippen molar-refractivity contribution in [2.45, 2.75) is 39.2 Å². The van der Waals surface area contributed by atoms with Crippen LogP contribution in [-0.4, -0.2) is 30.8 Å². The summed E-state index contributed by atoms with van der Waals surface area (Å²) in [5.41, 5.74) is 3.48. The minimum Gasteiger partial charge on any atom is -0.478 e. The molecule has 4 aromatic rings. The molecule has 6 nitrogen and oxygen atoms in total. The highest BCUT2D eigenvalue weighted by atomic mass is 16.4. The van der Waals surface area contributed by atoms with Gasteiger partial charge in [0.2, 0.25) is 0 Å². The average molecular weight is 427 g/mol. The summed E-state index contributed by atoms with van der Waals surface area (Å²) in [5, 5.41) is 14.2. The van der Waals surface area contributed by atoms with Crippen LogP contribution in [0.15, 0.2) is 72.9 Å². The van der Waals surface area contributed by atoms with Gasteiger partial charge >= 0.3 is 5.97 Å². The highest BCUT2D eigenvalue weighted by Crippen LogP contribution is 2.23. The fraction of sp³-hybridized carbons (Fsp3) is 0.231. The molecule has 0 aliphatic carbocycles. The molecule has 2 heterocycles. The second-order valence-electron chi connectivity index (χ2n) is 7.73. The maximum Gasteiger partial charge on any atom is 0.336 e. The zero-order valence-corrected chi connectivity index (χ0v) is 18.1. The standard InChI is InChI=1S/C26H26N4O2/c1-2-3-5-14-24-28-25(20-10-6-4-7-11-20)29-30(24)18-19-15-16-23(27-17-19)21-12-8-9-13-22(21)26(31)32/h4,6-13,15-17H,2-3,5,14,18H2,1H3,(H,31,32). The minimum atomic E-state index is -0.959. The van der Waals surface area contributed by atoms with Crippen LogP contribution in [0.25, 0.3) is 22.6 Å². The molecule has 0 amide bonds. The van der Waals surface area contributed by atoms with E-state index >= 15 is 0 Å². The van der Waals surface area contributed by atoms with Crippen LogP contribution in [0.5, 0.6) is 0 Å². The molecule has 32 heavy (non-hydrogen) atoms. The Bertz CT molecular complexity index is 1180. The third kappa shape index (κ3) is 4.91. The zero-order chi connectivity index (χ0) is 22.3. The van der Waals surface area contributed by atoms with Crippen LogP contribution in [0.2, 0.25) is 0 Å². The topological polar surface area (TPSA) is 80.9 Å². The first-order valence-corrected chi connectivity index (χ1v) is 10.9. The molecule has 162 valence electrons. The fourth-order valence-corrected chi connectivity index (χ4v) is 3.67. The number of hydrogen-bond donors (Lipinski definition) is 1. The predicted octanol–water partition coefficient (Wildman–Crippen LogP) is 5.49. The number of hydrogen-bond acceptors (Lipinski definition) is 4. The van der Waals surface area contributed by atoms with Crippen molar-refractivity contribution in [2.24, 2.45) is 0 Å². The Morgan fingerprint density at radius 3 is 2.47 bits per heavy atom. The number of aromatic nitrogens is 4. The Labute approximate surface area is 187 Å². The van der Waals surface area contributed by atoms with Crippen LogP contribution in [0.4, 0.5) is 0 Å². The van der Waals surface area contributed by atoms with Crippen LogP contribution in [0.1, 0.15) is 47.9 Å². The van der Waals surface area contributed by atoms with Gasteiger partial charge in [0, 0.05) is 23.7 Å². The van der Waals surface area contributed by atoms with Gasteiger partial charge in [0.05, 0.1) is 17.8 Å². The summed E-state index contributed by atoms with van der Waals surface area (Å²) in [6.45, 7) is 2.75. The number of pyridine rings is 1. The zero-order valence-electron chi connectivity index (χ0n) is 18.1. The molecule has 0 saturated carbocycles. The van der Waals surface area contributed by atoms with Crippen molar-refractivity contribution in [2.75, 3.05) is 0 Å². The molecule has 6 heteroatoms. The van der Waals surface area contributed by atoms with Gasteiger partial charge in [-0.2, -0.15) is 5.10 Å². The molecular weight excluding hydrogens is 400 g/mol. The van der Waals surface area contributed by atoms with Crippen LogP contribution < -0.4 is 0 Å². The largest absolute Gasteiger partial charge is 0.478 e. The molecule has 0 spiro atoms. The summed E-state index contributed by atoms with van der Waals surface area (Å²) in [6, 6.07) is 20.8. The van der Waals surface area contributed by atoms with Gasteiger partial charge in [0.15, 0.2) is 5.82 Å². The van der Waals surface area contributed by atoms with Gasteiger partial charge in [0.1, 0.15) is 5.82 Å². The first-order valence-electron chi connectivity index (χ1n) is 10.9.